The minimum atomic E-state index is -0.210. The summed E-state index contributed by atoms with van der Waals surface area (Å²) in [6.07, 6.45) is 4.84. The minimum absolute atomic E-state index is 0.163. The fraction of sp³-hybridized carbons (Fsp3) is 0.533. The van der Waals surface area contributed by atoms with Gasteiger partial charge >= 0.3 is 6.03 Å². The third-order valence-corrected chi connectivity index (χ3v) is 6.23. The second kappa shape index (κ2) is 12.2. The van der Waals surface area contributed by atoms with Gasteiger partial charge in [-0.15, -0.1) is 0 Å². The number of benzene rings is 2. The number of anilines is 1. The van der Waals surface area contributed by atoms with E-state index in [0.29, 0.717) is 18.7 Å². The van der Waals surface area contributed by atoms with Gasteiger partial charge in [0.15, 0.2) is 0 Å². The molecule has 0 atom stereocenters. The third-order valence-electron chi connectivity index (χ3n) is 6.23. The first kappa shape index (κ1) is 28.4. The Hall–Kier alpha value is -2.82. The summed E-state index contributed by atoms with van der Waals surface area (Å²) >= 11 is 0. The SMILES string of the molecule is CC(=O)CCCCCNC(=O)Nc1ccccc1CCc1cc(C(C)(C)C)c(O)c(C(C)(C)C)c1. The molecule has 0 aliphatic heterocycles. The van der Waals surface area contributed by atoms with Crippen LogP contribution in [0.4, 0.5) is 10.5 Å². The van der Waals surface area contributed by atoms with Crippen LogP contribution in [0.15, 0.2) is 36.4 Å². The number of hydrogen-bond donors (Lipinski definition) is 3. The summed E-state index contributed by atoms with van der Waals surface area (Å²) in [4.78, 5) is 23.4. The number of nitrogens with one attached hydrogen (secondary N) is 2. The highest BCUT2D eigenvalue weighted by Crippen LogP contribution is 2.40. The monoisotopic (exact) mass is 480 g/mol. The quantitative estimate of drug-likeness (QED) is 0.319. The van der Waals surface area contributed by atoms with Crippen LogP contribution in [0.25, 0.3) is 0 Å². The van der Waals surface area contributed by atoms with E-state index in [-0.39, 0.29) is 22.6 Å². The van der Waals surface area contributed by atoms with E-state index in [9.17, 15) is 14.7 Å². The lowest BCUT2D eigenvalue weighted by atomic mass is 9.78. The molecular formula is C30H44N2O3. The number of phenolic OH excluding ortho intramolecular Hbond substituents is 1. The molecule has 2 amide bonds. The van der Waals surface area contributed by atoms with E-state index in [1.165, 1.54) is 5.56 Å². The zero-order valence-corrected chi connectivity index (χ0v) is 22.7. The Balaban J connectivity index is 2.07. The molecule has 5 nitrogen and oxygen atoms in total. The maximum atomic E-state index is 12.4. The number of unbranched alkanes of at least 4 members (excludes halogenated alkanes) is 2. The first-order valence-corrected chi connectivity index (χ1v) is 12.8. The van der Waals surface area contributed by atoms with Crippen LogP contribution < -0.4 is 10.6 Å². The van der Waals surface area contributed by atoms with Crippen LogP contribution in [0.3, 0.4) is 0 Å². The predicted molar refractivity (Wildman–Crippen MR) is 146 cm³/mol. The van der Waals surface area contributed by atoms with Crippen molar-refractivity contribution in [3.63, 3.8) is 0 Å². The molecule has 0 aromatic heterocycles. The summed E-state index contributed by atoms with van der Waals surface area (Å²) in [5.41, 5.74) is 4.68. The largest absolute Gasteiger partial charge is 0.507 e. The third kappa shape index (κ3) is 9.04. The molecule has 2 aromatic carbocycles. The van der Waals surface area contributed by atoms with Crippen molar-refractivity contribution in [3.8, 4) is 5.75 Å². The van der Waals surface area contributed by atoms with Crippen molar-refractivity contribution in [1.29, 1.82) is 0 Å². The van der Waals surface area contributed by atoms with Crippen LogP contribution in [-0.2, 0) is 28.5 Å². The van der Waals surface area contributed by atoms with Crippen molar-refractivity contribution >= 4 is 17.5 Å². The van der Waals surface area contributed by atoms with E-state index in [1.807, 2.05) is 24.3 Å². The fourth-order valence-corrected chi connectivity index (χ4v) is 4.17. The first-order chi connectivity index (χ1) is 16.3. The second-order valence-corrected chi connectivity index (χ2v) is 11.6. The topological polar surface area (TPSA) is 78.4 Å². The first-order valence-electron chi connectivity index (χ1n) is 12.8. The Morgan fingerprint density at radius 3 is 2.03 bits per heavy atom. The molecule has 192 valence electrons. The summed E-state index contributed by atoms with van der Waals surface area (Å²) in [7, 11) is 0. The molecule has 0 radical (unpaired) electrons. The minimum Gasteiger partial charge on any atom is -0.507 e. The number of aryl methyl sites for hydroxylation is 2. The van der Waals surface area contributed by atoms with Crippen LogP contribution in [0.5, 0.6) is 5.75 Å². The van der Waals surface area contributed by atoms with Gasteiger partial charge < -0.3 is 20.5 Å². The molecule has 0 bridgehead atoms. The van der Waals surface area contributed by atoms with Gasteiger partial charge in [-0.05, 0) is 71.8 Å². The Bertz CT molecular complexity index is 978. The second-order valence-electron chi connectivity index (χ2n) is 11.6. The number of hydrogen-bond acceptors (Lipinski definition) is 3. The van der Waals surface area contributed by atoms with Crippen molar-refractivity contribution in [2.45, 2.75) is 97.8 Å². The van der Waals surface area contributed by atoms with E-state index < -0.39 is 0 Å². The molecule has 0 spiro atoms. The average molecular weight is 481 g/mol. The van der Waals surface area contributed by atoms with Crippen LogP contribution in [0.1, 0.15) is 96.4 Å². The van der Waals surface area contributed by atoms with Gasteiger partial charge in [0.1, 0.15) is 11.5 Å². The van der Waals surface area contributed by atoms with Crippen molar-refractivity contribution in [3.05, 3.63) is 58.7 Å². The Morgan fingerprint density at radius 2 is 1.46 bits per heavy atom. The van der Waals surface area contributed by atoms with Gasteiger partial charge in [0.05, 0.1) is 0 Å². The number of phenols is 1. The maximum Gasteiger partial charge on any atom is 0.319 e. The van der Waals surface area contributed by atoms with Gasteiger partial charge in [0, 0.05) is 18.7 Å². The van der Waals surface area contributed by atoms with E-state index in [0.717, 1.165) is 54.5 Å². The van der Waals surface area contributed by atoms with Gasteiger partial charge in [0.2, 0.25) is 0 Å². The Morgan fingerprint density at radius 1 is 0.857 bits per heavy atom. The van der Waals surface area contributed by atoms with Gasteiger partial charge in [-0.25, -0.2) is 4.79 Å². The van der Waals surface area contributed by atoms with Gasteiger partial charge in [-0.1, -0.05) is 78.3 Å². The standard InChI is InChI=1S/C30H44N2O3/c1-21(33)13-9-8-12-18-31-28(35)32-26-15-11-10-14-23(26)17-16-22-19-24(29(2,3)4)27(34)25(20-22)30(5,6)7/h10-11,14-15,19-20,34H,8-9,12-13,16-18H2,1-7H3,(H2,31,32,35). The number of ketones is 1. The summed E-state index contributed by atoms with van der Waals surface area (Å²) in [6, 6.07) is 11.9. The molecule has 0 aliphatic carbocycles. The summed E-state index contributed by atoms with van der Waals surface area (Å²) in [6.45, 7) is 14.9. The summed E-state index contributed by atoms with van der Waals surface area (Å²) < 4.78 is 0. The van der Waals surface area contributed by atoms with E-state index >= 15 is 0 Å². The average Bonchev–Trinajstić information content (AvgIpc) is 2.74. The highest BCUT2D eigenvalue weighted by atomic mass is 16.3. The van der Waals surface area contributed by atoms with Crippen molar-refractivity contribution in [1.82, 2.24) is 5.32 Å². The van der Waals surface area contributed by atoms with Crippen molar-refractivity contribution in [2.75, 3.05) is 11.9 Å². The molecule has 0 heterocycles. The molecule has 35 heavy (non-hydrogen) atoms. The van der Waals surface area contributed by atoms with Gasteiger partial charge in [-0.3, -0.25) is 0 Å². The number of amides is 2. The molecule has 0 saturated heterocycles. The molecule has 0 fully saturated rings. The zero-order chi connectivity index (χ0) is 26.2. The molecule has 3 N–H and O–H groups in total. The maximum absolute atomic E-state index is 12.4. The number of carbonyl (C=O) groups excluding carboxylic acids is 2. The number of Topliss-reactive ketones (excluding diaryl/α,β-unsaturated/α-hetero) is 1. The highest BCUT2D eigenvalue weighted by molar-refractivity contribution is 5.90. The number of rotatable bonds is 10. The van der Waals surface area contributed by atoms with Crippen LogP contribution in [0, 0.1) is 0 Å². The van der Waals surface area contributed by atoms with Crippen LogP contribution in [-0.4, -0.2) is 23.5 Å². The zero-order valence-electron chi connectivity index (χ0n) is 22.7. The predicted octanol–water partition coefficient (Wildman–Crippen LogP) is 7.04. The number of urea groups is 1. The molecule has 2 rings (SSSR count). The molecule has 2 aromatic rings. The van der Waals surface area contributed by atoms with Crippen LogP contribution >= 0.6 is 0 Å². The molecule has 0 aliphatic rings. The van der Waals surface area contributed by atoms with Crippen LogP contribution in [0.2, 0.25) is 0 Å². The smallest absolute Gasteiger partial charge is 0.319 e. The van der Waals surface area contributed by atoms with Gasteiger partial charge in [0.25, 0.3) is 0 Å². The normalized spacial score (nSPS) is 11.9. The molecule has 5 heteroatoms. The Labute approximate surface area is 211 Å². The number of para-hydroxylation sites is 1. The lowest BCUT2D eigenvalue weighted by Gasteiger charge is -2.28. The van der Waals surface area contributed by atoms with E-state index in [2.05, 4.69) is 64.3 Å². The fourth-order valence-electron chi connectivity index (χ4n) is 4.17. The van der Waals surface area contributed by atoms with E-state index in [4.69, 9.17) is 0 Å². The molecular weight excluding hydrogens is 436 g/mol. The summed E-state index contributed by atoms with van der Waals surface area (Å²) in [5.74, 6) is 0.609. The highest BCUT2D eigenvalue weighted by Gasteiger charge is 2.26. The number of carbonyl (C=O) groups is 2. The lowest BCUT2D eigenvalue weighted by Crippen LogP contribution is -2.29. The molecule has 0 unspecified atom stereocenters. The lowest BCUT2D eigenvalue weighted by molar-refractivity contribution is -0.117. The van der Waals surface area contributed by atoms with Crippen molar-refractivity contribution in [2.24, 2.45) is 0 Å². The molecule has 0 saturated carbocycles. The van der Waals surface area contributed by atoms with Crippen molar-refractivity contribution < 1.29 is 14.7 Å². The Kier molecular flexibility index (Phi) is 9.93. The van der Waals surface area contributed by atoms with Gasteiger partial charge in [-0.2, -0.15) is 0 Å². The van der Waals surface area contributed by atoms with E-state index in [1.54, 1.807) is 6.92 Å². The number of aromatic hydroxyl groups is 1. The summed E-state index contributed by atoms with van der Waals surface area (Å²) in [5, 5.41) is 16.9.